The van der Waals surface area contributed by atoms with Crippen molar-refractivity contribution in [2.24, 2.45) is 0 Å². The van der Waals surface area contributed by atoms with Crippen LogP contribution in [0.15, 0.2) is 47.2 Å². The van der Waals surface area contributed by atoms with Crippen molar-refractivity contribution in [1.82, 2.24) is 20.2 Å². The van der Waals surface area contributed by atoms with E-state index in [1.165, 1.54) is 29.7 Å². The number of furan rings is 1. The van der Waals surface area contributed by atoms with E-state index < -0.39 is 0 Å². The smallest absolute Gasteiger partial charge is 0.281 e. The molecular formula is C25H26N4O3S. The Bertz CT molecular complexity index is 1270. The number of hydrogen-bond donors (Lipinski definition) is 1. The number of ether oxygens (including phenoxy) is 1. The van der Waals surface area contributed by atoms with Crippen LogP contribution in [0.1, 0.15) is 38.2 Å². The Morgan fingerprint density at radius 3 is 2.91 bits per heavy atom. The molecule has 6 rings (SSSR count). The maximum atomic E-state index is 11.5. The lowest BCUT2D eigenvalue weighted by molar-refractivity contribution is -0.120. The zero-order valence-corrected chi connectivity index (χ0v) is 19.3. The lowest BCUT2D eigenvalue weighted by Crippen LogP contribution is -2.50. The maximum Gasteiger partial charge on any atom is 0.281 e. The third-order valence-corrected chi connectivity index (χ3v) is 7.80. The van der Waals surface area contributed by atoms with E-state index in [-0.39, 0.29) is 5.91 Å². The molecule has 3 aromatic heterocycles. The van der Waals surface area contributed by atoms with Crippen molar-refractivity contribution in [2.45, 2.75) is 57.2 Å². The molecular weight excluding hydrogens is 436 g/mol. The molecule has 0 radical (unpaired) electrons. The number of aromatic nitrogens is 2. The van der Waals surface area contributed by atoms with Crippen molar-refractivity contribution in [2.75, 3.05) is 6.54 Å². The van der Waals surface area contributed by atoms with Gasteiger partial charge in [-0.05, 0) is 61.9 Å². The van der Waals surface area contributed by atoms with Gasteiger partial charge in [0, 0.05) is 49.2 Å². The fraction of sp³-hybridized carbons (Fsp3) is 0.400. The normalized spacial score (nSPS) is 22.8. The van der Waals surface area contributed by atoms with E-state index in [2.05, 4.69) is 26.3 Å². The van der Waals surface area contributed by atoms with Crippen molar-refractivity contribution in [1.29, 1.82) is 0 Å². The van der Waals surface area contributed by atoms with Crippen LogP contribution in [0.5, 0.6) is 10.9 Å². The highest BCUT2D eigenvalue weighted by Crippen LogP contribution is 2.37. The van der Waals surface area contributed by atoms with Crippen molar-refractivity contribution < 1.29 is 13.9 Å². The summed E-state index contributed by atoms with van der Waals surface area (Å²) in [6, 6.07) is 11.3. The van der Waals surface area contributed by atoms with Gasteiger partial charge in [0.1, 0.15) is 11.3 Å². The van der Waals surface area contributed by atoms with Crippen LogP contribution in [-0.4, -0.2) is 45.4 Å². The molecule has 0 saturated carbocycles. The average molecular weight is 463 g/mol. The van der Waals surface area contributed by atoms with Gasteiger partial charge < -0.3 is 14.5 Å². The van der Waals surface area contributed by atoms with Gasteiger partial charge in [-0.1, -0.05) is 11.3 Å². The number of amides is 1. The fourth-order valence-corrected chi connectivity index (χ4v) is 6.30. The number of carbonyl (C=O) groups excluding carboxylic acids is 1. The summed E-state index contributed by atoms with van der Waals surface area (Å²) in [7, 11) is 0. The molecule has 4 aromatic rings. The second-order valence-corrected chi connectivity index (χ2v) is 10.1. The lowest BCUT2D eigenvalue weighted by atomic mass is 9.96. The number of piperidine rings is 1. The Labute approximate surface area is 195 Å². The number of pyridine rings is 1. The highest BCUT2D eigenvalue weighted by atomic mass is 32.1. The molecule has 0 aliphatic carbocycles. The van der Waals surface area contributed by atoms with Crippen LogP contribution in [0.25, 0.3) is 21.3 Å². The van der Waals surface area contributed by atoms with Crippen LogP contribution in [-0.2, 0) is 11.2 Å². The minimum atomic E-state index is 0.0841. The van der Waals surface area contributed by atoms with E-state index in [0.717, 1.165) is 41.5 Å². The van der Waals surface area contributed by atoms with E-state index in [0.29, 0.717) is 34.7 Å². The van der Waals surface area contributed by atoms with Crippen LogP contribution in [0, 0.1) is 0 Å². The van der Waals surface area contributed by atoms with Crippen LogP contribution >= 0.6 is 11.3 Å². The predicted molar refractivity (Wildman–Crippen MR) is 128 cm³/mol. The zero-order valence-electron chi connectivity index (χ0n) is 18.5. The van der Waals surface area contributed by atoms with E-state index in [1.807, 2.05) is 30.5 Å². The van der Waals surface area contributed by atoms with Gasteiger partial charge in [0.2, 0.25) is 5.91 Å². The highest BCUT2D eigenvalue weighted by Gasteiger charge is 2.40. The number of nitrogens with zero attached hydrogens (tertiary/aromatic N) is 3. The molecule has 2 atom stereocenters. The third-order valence-electron chi connectivity index (χ3n) is 6.91. The van der Waals surface area contributed by atoms with Gasteiger partial charge in [0.15, 0.2) is 5.65 Å². The summed E-state index contributed by atoms with van der Waals surface area (Å²) in [5, 5.41) is 4.84. The topological polar surface area (TPSA) is 80.5 Å². The molecule has 7 nitrogen and oxygen atoms in total. The molecule has 2 unspecified atom stereocenters. The van der Waals surface area contributed by atoms with Crippen LogP contribution in [0.4, 0.5) is 0 Å². The average Bonchev–Trinajstić information content (AvgIpc) is 3.45. The summed E-state index contributed by atoms with van der Waals surface area (Å²) in [5.74, 6) is 0.793. The number of fused-ring (bicyclic) bond motifs is 4. The van der Waals surface area contributed by atoms with E-state index in [9.17, 15) is 4.79 Å². The van der Waals surface area contributed by atoms with Crippen molar-refractivity contribution in [3.8, 4) is 10.9 Å². The van der Waals surface area contributed by atoms with Gasteiger partial charge in [-0.3, -0.25) is 9.69 Å². The molecule has 0 spiro atoms. The monoisotopic (exact) mass is 462 g/mol. The first-order valence-electron chi connectivity index (χ1n) is 11.5. The second kappa shape index (κ2) is 8.43. The standard InChI is InChI=1S/C25H26N4O3S/c1-15(30)27-17-11-18-4-5-19(12-17)29(18)10-8-16-14-31-22-13-20(6-7-21(16)22)32-25-28-24-23(33-25)3-2-9-26-24/h2-3,6-7,9,13-14,17-19H,4-5,8,10-12H2,1H3,(H,27,30). The van der Waals surface area contributed by atoms with E-state index in [4.69, 9.17) is 9.15 Å². The molecule has 1 amide bonds. The van der Waals surface area contributed by atoms with E-state index in [1.54, 1.807) is 13.1 Å². The molecule has 1 aromatic carbocycles. The summed E-state index contributed by atoms with van der Waals surface area (Å²) in [6.45, 7) is 2.64. The Hall–Kier alpha value is -2.97. The number of benzene rings is 1. The largest absolute Gasteiger partial charge is 0.464 e. The van der Waals surface area contributed by atoms with Crippen molar-refractivity contribution in [3.63, 3.8) is 0 Å². The van der Waals surface area contributed by atoms with Crippen molar-refractivity contribution in [3.05, 3.63) is 48.4 Å². The molecule has 2 fully saturated rings. The molecule has 1 N–H and O–H groups in total. The molecule has 2 saturated heterocycles. The van der Waals surface area contributed by atoms with Gasteiger partial charge in [0.05, 0.1) is 11.0 Å². The summed E-state index contributed by atoms with van der Waals surface area (Å²) in [6.07, 6.45) is 9.15. The van der Waals surface area contributed by atoms with E-state index >= 15 is 0 Å². The number of nitrogens with one attached hydrogen (secondary N) is 1. The zero-order chi connectivity index (χ0) is 22.4. The minimum absolute atomic E-state index is 0.0841. The Morgan fingerprint density at radius 2 is 2.12 bits per heavy atom. The van der Waals surface area contributed by atoms with Crippen molar-refractivity contribution >= 4 is 38.6 Å². The fourth-order valence-electron chi connectivity index (χ4n) is 5.51. The van der Waals surface area contributed by atoms with Gasteiger partial charge >= 0.3 is 0 Å². The number of carbonyl (C=O) groups is 1. The van der Waals surface area contributed by atoms with Crippen LogP contribution < -0.4 is 10.1 Å². The Morgan fingerprint density at radius 1 is 1.27 bits per heavy atom. The molecule has 8 heteroatoms. The molecule has 2 aliphatic heterocycles. The highest BCUT2D eigenvalue weighted by molar-refractivity contribution is 7.20. The third kappa shape index (κ3) is 4.09. The quantitative estimate of drug-likeness (QED) is 0.439. The first-order chi connectivity index (χ1) is 16.1. The summed E-state index contributed by atoms with van der Waals surface area (Å²) in [4.78, 5) is 22.8. The summed E-state index contributed by atoms with van der Waals surface area (Å²) in [5.41, 5.74) is 2.76. The molecule has 170 valence electrons. The van der Waals surface area contributed by atoms with Gasteiger partial charge in [-0.25, -0.2) is 4.98 Å². The first kappa shape index (κ1) is 20.6. The van der Waals surface area contributed by atoms with Gasteiger partial charge in [0.25, 0.3) is 5.19 Å². The number of thiazole rings is 1. The Balaban J connectivity index is 1.13. The molecule has 33 heavy (non-hydrogen) atoms. The van der Waals surface area contributed by atoms with Gasteiger partial charge in [-0.2, -0.15) is 4.98 Å². The predicted octanol–water partition coefficient (Wildman–Crippen LogP) is 4.90. The second-order valence-electron chi connectivity index (χ2n) is 9.07. The lowest BCUT2D eigenvalue weighted by Gasteiger charge is -2.39. The molecule has 2 bridgehead atoms. The summed E-state index contributed by atoms with van der Waals surface area (Å²) < 4.78 is 12.9. The maximum absolute atomic E-state index is 11.5. The van der Waals surface area contributed by atoms with Gasteiger partial charge in [-0.15, -0.1) is 0 Å². The minimum Gasteiger partial charge on any atom is -0.464 e. The first-order valence-corrected chi connectivity index (χ1v) is 12.4. The van der Waals surface area contributed by atoms with Crippen LogP contribution in [0.2, 0.25) is 0 Å². The van der Waals surface area contributed by atoms with Crippen LogP contribution in [0.3, 0.4) is 0 Å². The summed E-state index contributed by atoms with van der Waals surface area (Å²) >= 11 is 1.48. The molecule has 5 heterocycles. The number of rotatable bonds is 6. The Kier molecular flexibility index (Phi) is 5.27. The molecule has 2 aliphatic rings. The number of hydrogen-bond acceptors (Lipinski definition) is 7. The SMILES string of the molecule is CC(=O)NC1CC2CCC(C1)N2CCc1coc2cc(Oc3nc4ncccc4s3)ccc12.